The molecule has 0 saturated carbocycles. The van der Waals surface area contributed by atoms with Crippen molar-refractivity contribution in [3.8, 4) is 0 Å². The van der Waals surface area contributed by atoms with Gasteiger partial charge in [0.05, 0.1) is 0 Å². The van der Waals surface area contributed by atoms with Gasteiger partial charge in [-0.2, -0.15) is 0 Å². The van der Waals surface area contributed by atoms with Crippen LogP contribution in [0.4, 0.5) is 0 Å². The van der Waals surface area contributed by atoms with Gasteiger partial charge in [0.1, 0.15) is 0 Å². The van der Waals surface area contributed by atoms with E-state index >= 15 is 0 Å². The molecule has 1 aliphatic rings. The average molecular weight is 206 g/mol. The number of aryl methyl sites for hydroxylation is 2. The highest BCUT2D eigenvalue weighted by atomic mass is 14.7. The molecule has 1 aromatic rings. The summed E-state index contributed by atoms with van der Waals surface area (Å²) in [5, 5.41) is 0. The van der Waals surface area contributed by atoms with Crippen LogP contribution in [0.25, 0.3) is 0 Å². The molecule has 0 bridgehead atoms. The van der Waals surface area contributed by atoms with Crippen LogP contribution >= 0.6 is 0 Å². The van der Waals surface area contributed by atoms with E-state index < -0.39 is 0 Å². The van der Waals surface area contributed by atoms with Gasteiger partial charge in [-0.15, -0.1) is 0 Å². The Hall–Kier alpha value is -0.890. The largest absolute Gasteiger partial charge is 0.324 e. The quantitative estimate of drug-likeness (QED) is 0.767. The Bertz CT molecular complexity index is 307. The highest BCUT2D eigenvalue weighted by Gasteiger charge is 2.17. The first kappa shape index (κ1) is 12.2. The third kappa shape index (κ3) is 2.78. The fourth-order valence-corrected chi connectivity index (χ4v) is 1.92. The molecule has 1 atom stereocenters. The third-order valence-corrected chi connectivity index (χ3v) is 2.80. The van der Waals surface area contributed by atoms with Crippen molar-refractivity contribution >= 4 is 0 Å². The van der Waals surface area contributed by atoms with E-state index in [1.54, 1.807) is 0 Å². The fourth-order valence-electron chi connectivity index (χ4n) is 1.92. The van der Waals surface area contributed by atoms with Gasteiger partial charge in [-0.3, -0.25) is 4.98 Å². The topological polar surface area (TPSA) is 38.9 Å². The van der Waals surface area contributed by atoms with Crippen molar-refractivity contribution in [3.63, 3.8) is 0 Å². The van der Waals surface area contributed by atoms with Crippen LogP contribution < -0.4 is 5.73 Å². The second-order valence-corrected chi connectivity index (χ2v) is 3.73. The molecule has 0 fully saturated rings. The average Bonchev–Trinajstić information content (AvgIpc) is 2.32. The minimum atomic E-state index is 0.225. The summed E-state index contributed by atoms with van der Waals surface area (Å²) in [6.07, 6.45) is 6.44. The molecule has 2 rings (SSSR count). The van der Waals surface area contributed by atoms with Gasteiger partial charge < -0.3 is 5.73 Å². The smallest absolute Gasteiger partial charge is 0.0451 e. The third-order valence-electron chi connectivity index (χ3n) is 2.80. The molecule has 1 unspecified atom stereocenters. The van der Waals surface area contributed by atoms with Gasteiger partial charge >= 0.3 is 0 Å². The standard InChI is InChI=1S/C11H16N2.C2H6/c1-2-8-6-9-10(12)4-3-5-11(9)13-7-8;1-2/h6-7,10H,2-5,12H2,1H3;1-2H3. The molecule has 0 radical (unpaired) electrons. The molecule has 0 saturated heterocycles. The second kappa shape index (κ2) is 5.86. The minimum absolute atomic E-state index is 0.225. The highest BCUT2D eigenvalue weighted by Crippen LogP contribution is 2.26. The number of fused-ring (bicyclic) bond motifs is 1. The van der Waals surface area contributed by atoms with Crippen molar-refractivity contribution in [2.75, 3.05) is 0 Å². The van der Waals surface area contributed by atoms with E-state index in [0.29, 0.717) is 0 Å². The number of hydrogen-bond donors (Lipinski definition) is 1. The molecule has 1 aromatic heterocycles. The Kier molecular flexibility index (Phi) is 4.76. The van der Waals surface area contributed by atoms with Crippen molar-refractivity contribution in [3.05, 3.63) is 29.1 Å². The summed E-state index contributed by atoms with van der Waals surface area (Å²) in [7, 11) is 0. The maximum absolute atomic E-state index is 6.03. The van der Waals surface area contributed by atoms with Crippen LogP contribution in [-0.2, 0) is 12.8 Å². The SMILES string of the molecule is CC.CCc1cnc2c(c1)C(N)CCC2. The molecular weight excluding hydrogens is 184 g/mol. The molecule has 2 N–H and O–H groups in total. The van der Waals surface area contributed by atoms with Crippen molar-refractivity contribution < 1.29 is 0 Å². The van der Waals surface area contributed by atoms with Gasteiger partial charge in [-0.05, 0) is 36.8 Å². The van der Waals surface area contributed by atoms with E-state index in [9.17, 15) is 0 Å². The Balaban J connectivity index is 0.000000531. The Morgan fingerprint density at radius 2 is 2.20 bits per heavy atom. The number of rotatable bonds is 1. The lowest BCUT2D eigenvalue weighted by atomic mass is 9.91. The van der Waals surface area contributed by atoms with Gasteiger partial charge in [0, 0.05) is 17.9 Å². The van der Waals surface area contributed by atoms with Gasteiger partial charge in [0.2, 0.25) is 0 Å². The molecule has 15 heavy (non-hydrogen) atoms. The first-order valence-corrected chi connectivity index (χ1v) is 6.04. The summed E-state index contributed by atoms with van der Waals surface area (Å²) >= 11 is 0. The van der Waals surface area contributed by atoms with Crippen LogP contribution in [0, 0.1) is 0 Å². The summed E-state index contributed by atoms with van der Waals surface area (Å²) in [6.45, 7) is 6.15. The molecule has 1 heterocycles. The molecule has 0 aliphatic heterocycles. The summed E-state index contributed by atoms with van der Waals surface area (Å²) in [5.41, 5.74) is 9.83. The molecule has 1 aliphatic carbocycles. The van der Waals surface area contributed by atoms with Gasteiger partial charge in [0.15, 0.2) is 0 Å². The Morgan fingerprint density at radius 3 is 2.87 bits per heavy atom. The Labute approximate surface area is 92.9 Å². The van der Waals surface area contributed by atoms with E-state index in [4.69, 9.17) is 5.73 Å². The predicted molar refractivity (Wildman–Crippen MR) is 64.8 cm³/mol. The first-order valence-electron chi connectivity index (χ1n) is 6.04. The summed E-state index contributed by atoms with van der Waals surface area (Å²) in [4.78, 5) is 4.46. The lowest BCUT2D eigenvalue weighted by Gasteiger charge is -2.21. The van der Waals surface area contributed by atoms with Crippen LogP contribution in [-0.4, -0.2) is 4.98 Å². The van der Waals surface area contributed by atoms with Crippen molar-refractivity contribution in [1.29, 1.82) is 0 Å². The molecule has 84 valence electrons. The maximum atomic E-state index is 6.03. The Morgan fingerprint density at radius 1 is 1.47 bits per heavy atom. The number of hydrogen-bond acceptors (Lipinski definition) is 2. The molecule has 0 amide bonds. The van der Waals surface area contributed by atoms with E-state index in [1.165, 1.54) is 23.2 Å². The maximum Gasteiger partial charge on any atom is 0.0451 e. The minimum Gasteiger partial charge on any atom is -0.324 e. The molecule has 0 spiro atoms. The van der Waals surface area contributed by atoms with E-state index in [2.05, 4.69) is 18.0 Å². The number of aromatic nitrogens is 1. The fraction of sp³-hybridized carbons (Fsp3) is 0.615. The second-order valence-electron chi connectivity index (χ2n) is 3.73. The molecule has 0 aromatic carbocycles. The van der Waals surface area contributed by atoms with Crippen molar-refractivity contribution in [2.45, 2.75) is 52.5 Å². The lowest BCUT2D eigenvalue weighted by molar-refractivity contribution is 0.559. The normalized spacial score (nSPS) is 18.8. The van der Waals surface area contributed by atoms with E-state index in [0.717, 1.165) is 19.3 Å². The van der Waals surface area contributed by atoms with Crippen LogP contribution in [0.1, 0.15) is 56.5 Å². The monoisotopic (exact) mass is 206 g/mol. The molecular formula is C13H22N2. The summed E-state index contributed by atoms with van der Waals surface area (Å²) in [5.74, 6) is 0. The van der Waals surface area contributed by atoms with Crippen LogP contribution in [0.3, 0.4) is 0 Å². The highest BCUT2D eigenvalue weighted by molar-refractivity contribution is 5.30. The number of nitrogens with zero attached hydrogens (tertiary/aromatic N) is 1. The summed E-state index contributed by atoms with van der Waals surface area (Å²) < 4.78 is 0. The lowest BCUT2D eigenvalue weighted by Crippen LogP contribution is -2.18. The zero-order valence-corrected chi connectivity index (χ0v) is 10.1. The van der Waals surface area contributed by atoms with E-state index in [1.807, 2.05) is 20.0 Å². The number of pyridine rings is 1. The molecule has 2 nitrogen and oxygen atoms in total. The van der Waals surface area contributed by atoms with Gasteiger partial charge in [-0.25, -0.2) is 0 Å². The van der Waals surface area contributed by atoms with E-state index in [-0.39, 0.29) is 6.04 Å². The number of nitrogens with two attached hydrogens (primary N) is 1. The van der Waals surface area contributed by atoms with Crippen LogP contribution in [0.2, 0.25) is 0 Å². The van der Waals surface area contributed by atoms with Crippen molar-refractivity contribution in [1.82, 2.24) is 4.98 Å². The van der Waals surface area contributed by atoms with Crippen LogP contribution in [0.5, 0.6) is 0 Å². The zero-order chi connectivity index (χ0) is 11.3. The van der Waals surface area contributed by atoms with Gasteiger partial charge in [-0.1, -0.05) is 26.8 Å². The predicted octanol–water partition coefficient (Wildman–Crippen LogP) is 3.01. The van der Waals surface area contributed by atoms with Crippen molar-refractivity contribution in [2.24, 2.45) is 5.73 Å². The zero-order valence-electron chi connectivity index (χ0n) is 10.1. The van der Waals surface area contributed by atoms with Crippen LogP contribution in [0.15, 0.2) is 12.3 Å². The summed E-state index contributed by atoms with van der Waals surface area (Å²) in [6, 6.07) is 2.45. The van der Waals surface area contributed by atoms with Gasteiger partial charge in [0.25, 0.3) is 0 Å². The first-order chi connectivity index (χ1) is 7.31. The molecule has 2 heteroatoms.